The van der Waals surface area contributed by atoms with Crippen molar-refractivity contribution in [2.75, 3.05) is 7.05 Å². The zero-order valence-corrected chi connectivity index (χ0v) is 12.0. The smallest absolute Gasteiger partial charge is 0.0931 e. The molecule has 0 aliphatic heterocycles. The largest absolute Gasteiger partial charge is 0.308 e. The first-order chi connectivity index (χ1) is 7.63. The highest BCUT2D eigenvalue weighted by molar-refractivity contribution is 7.16. The van der Waals surface area contributed by atoms with Gasteiger partial charge in [0.2, 0.25) is 0 Å². The molecule has 1 N–H and O–H groups in total. The number of thiophene rings is 2. The van der Waals surface area contributed by atoms with Gasteiger partial charge in [-0.05, 0) is 37.0 Å². The second-order valence-electron chi connectivity index (χ2n) is 3.46. The maximum atomic E-state index is 6.28. The summed E-state index contributed by atoms with van der Waals surface area (Å²) in [6.45, 7) is 2.02. The molecule has 0 aromatic carbocycles. The lowest BCUT2D eigenvalue weighted by Gasteiger charge is -2.13. The predicted octanol–water partition coefficient (Wildman–Crippen LogP) is 4.73. The van der Waals surface area contributed by atoms with Crippen LogP contribution in [0.4, 0.5) is 0 Å². The van der Waals surface area contributed by atoms with E-state index in [1.54, 1.807) is 22.7 Å². The highest BCUT2D eigenvalue weighted by atomic mass is 35.5. The van der Waals surface area contributed by atoms with Gasteiger partial charge in [0.15, 0.2) is 0 Å². The number of halogens is 2. The number of hydrogen-bond acceptors (Lipinski definition) is 3. The standard InChI is InChI=1S/C11H11Cl2NS2/c1-6-5-15-11(9(6)13)10(14-2)7-3-4-8(12)16-7/h3-5,10,14H,1-2H3. The van der Waals surface area contributed by atoms with Crippen LogP contribution in [-0.2, 0) is 0 Å². The molecular weight excluding hydrogens is 281 g/mol. The number of nitrogens with one attached hydrogen (secondary N) is 1. The molecule has 0 amide bonds. The molecule has 1 nitrogen and oxygen atoms in total. The molecular formula is C11H11Cl2NS2. The first-order valence-electron chi connectivity index (χ1n) is 4.79. The molecule has 5 heteroatoms. The molecule has 0 saturated heterocycles. The summed E-state index contributed by atoms with van der Waals surface area (Å²) in [5.74, 6) is 0. The van der Waals surface area contributed by atoms with Crippen LogP contribution >= 0.6 is 45.9 Å². The second kappa shape index (κ2) is 5.07. The predicted molar refractivity (Wildman–Crippen MR) is 74.3 cm³/mol. The van der Waals surface area contributed by atoms with Gasteiger partial charge in [-0.25, -0.2) is 0 Å². The molecule has 16 heavy (non-hydrogen) atoms. The minimum Gasteiger partial charge on any atom is -0.308 e. The van der Waals surface area contributed by atoms with Gasteiger partial charge in [0.1, 0.15) is 0 Å². The summed E-state index contributed by atoms with van der Waals surface area (Å²) < 4.78 is 0.805. The van der Waals surface area contributed by atoms with Crippen molar-refractivity contribution in [1.82, 2.24) is 5.32 Å². The van der Waals surface area contributed by atoms with Crippen molar-refractivity contribution >= 4 is 45.9 Å². The third-order valence-corrected chi connectivity index (χ3v) is 5.43. The summed E-state index contributed by atoms with van der Waals surface area (Å²) in [4.78, 5) is 2.34. The van der Waals surface area contributed by atoms with Gasteiger partial charge in [-0.2, -0.15) is 0 Å². The van der Waals surface area contributed by atoms with Crippen molar-refractivity contribution in [1.29, 1.82) is 0 Å². The Morgan fingerprint density at radius 2 is 2.06 bits per heavy atom. The van der Waals surface area contributed by atoms with Crippen LogP contribution in [0.25, 0.3) is 0 Å². The van der Waals surface area contributed by atoms with Gasteiger partial charge < -0.3 is 5.32 Å². The lowest BCUT2D eigenvalue weighted by Crippen LogP contribution is -2.15. The molecule has 0 fully saturated rings. The number of hydrogen-bond donors (Lipinski definition) is 1. The lowest BCUT2D eigenvalue weighted by atomic mass is 10.2. The van der Waals surface area contributed by atoms with Gasteiger partial charge in [-0.3, -0.25) is 0 Å². The van der Waals surface area contributed by atoms with E-state index in [0.29, 0.717) is 0 Å². The molecule has 2 aromatic rings. The topological polar surface area (TPSA) is 12.0 Å². The quantitative estimate of drug-likeness (QED) is 0.862. The van der Waals surface area contributed by atoms with Crippen LogP contribution in [-0.4, -0.2) is 7.05 Å². The normalized spacial score (nSPS) is 13.0. The molecule has 86 valence electrons. The summed E-state index contributed by atoms with van der Waals surface area (Å²) in [6.07, 6.45) is 0. The molecule has 0 aliphatic carbocycles. The van der Waals surface area contributed by atoms with Gasteiger partial charge in [-0.1, -0.05) is 23.2 Å². The van der Waals surface area contributed by atoms with E-state index in [0.717, 1.165) is 19.8 Å². The maximum absolute atomic E-state index is 6.28. The van der Waals surface area contributed by atoms with Crippen LogP contribution in [0, 0.1) is 6.92 Å². The summed E-state index contributed by atoms with van der Waals surface area (Å²) in [6, 6.07) is 4.10. The Morgan fingerprint density at radius 1 is 1.31 bits per heavy atom. The average molecular weight is 292 g/mol. The van der Waals surface area contributed by atoms with Crippen LogP contribution in [0.1, 0.15) is 21.4 Å². The molecule has 0 bridgehead atoms. The Labute approximate surface area is 113 Å². The van der Waals surface area contributed by atoms with Crippen LogP contribution in [0.3, 0.4) is 0 Å². The first kappa shape index (κ1) is 12.4. The highest BCUT2D eigenvalue weighted by Crippen LogP contribution is 2.38. The molecule has 2 heterocycles. The fraction of sp³-hybridized carbons (Fsp3) is 0.273. The summed E-state index contributed by atoms with van der Waals surface area (Å²) >= 11 is 15.5. The fourth-order valence-corrected chi connectivity index (χ4v) is 4.22. The molecule has 2 aromatic heterocycles. The van der Waals surface area contributed by atoms with E-state index < -0.39 is 0 Å². The Hall–Kier alpha value is -0.0600. The van der Waals surface area contributed by atoms with Crippen molar-refractivity contribution in [3.63, 3.8) is 0 Å². The SMILES string of the molecule is CNC(c1ccc(Cl)s1)c1scc(C)c1Cl. The Balaban J connectivity index is 2.40. The van der Waals surface area contributed by atoms with Crippen LogP contribution < -0.4 is 5.32 Å². The molecule has 1 atom stereocenters. The third-order valence-electron chi connectivity index (χ3n) is 2.35. The third kappa shape index (κ3) is 2.29. The van der Waals surface area contributed by atoms with E-state index in [2.05, 4.69) is 10.7 Å². The van der Waals surface area contributed by atoms with Crippen LogP contribution in [0.2, 0.25) is 9.36 Å². The van der Waals surface area contributed by atoms with E-state index in [4.69, 9.17) is 23.2 Å². The summed E-state index contributed by atoms with van der Waals surface area (Å²) in [5.41, 5.74) is 1.13. The monoisotopic (exact) mass is 291 g/mol. The van der Waals surface area contributed by atoms with E-state index in [1.807, 2.05) is 26.1 Å². The maximum Gasteiger partial charge on any atom is 0.0931 e. The number of aryl methyl sites for hydroxylation is 1. The molecule has 0 aliphatic rings. The average Bonchev–Trinajstić information content (AvgIpc) is 2.81. The van der Waals surface area contributed by atoms with Crippen molar-refractivity contribution in [2.24, 2.45) is 0 Å². The minimum absolute atomic E-state index is 0.142. The van der Waals surface area contributed by atoms with Crippen molar-refractivity contribution in [3.05, 3.63) is 42.2 Å². The van der Waals surface area contributed by atoms with Gasteiger partial charge in [0, 0.05) is 9.75 Å². The van der Waals surface area contributed by atoms with Crippen molar-refractivity contribution in [2.45, 2.75) is 13.0 Å². The molecule has 0 saturated carbocycles. The zero-order chi connectivity index (χ0) is 11.7. The van der Waals surface area contributed by atoms with Crippen molar-refractivity contribution in [3.8, 4) is 0 Å². The second-order valence-corrected chi connectivity index (χ2v) is 6.50. The van der Waals surface area contributed by atoms with Gasteiger partial charge in [0.05, 0.1) is 15.4 Å². The van der Waals surface area contributed by atoms with E-state index in [1.165, 1.54) is 4.88 Å². The Morgan fingerprint density at radius 3 is 2.50 bits per heavy atom. The summed E-state index contributed by atoms with van der Waals surface area (Å²) in [5, 5.41) is 6.22. The summed E-state index contributed by atoms with van der Waals surface area (Å²) in [7, 11) is 1.93. The lowest BCUT2D eigenvalue weighted by molar-refractivity contribution is 0.716. The van der Waals surface area contributed by atoms with E-state index in [9.17, 15) is 0 Å². The number of rotatable bonds is 3. The molecule has 2 rings (SSSR count). The van der Waals surface area contributed by atoms with Crippen LogP contribution in [0.5, 0.6) is 0 Å². The first-order valence-corrected chi connectivity index (χ1v) is 7.24. The highest BCUT2D eigenvalue weighted by Gasteiger charge is 2.19. The van der Waals surface area contributed by atoms with Gasteiger partial charge >= 0.3 is 0 Å². The zero-order valence-electron chi connectivity index (χ0n) is 8.88. The van der Waals surface area contributed by atoms with E-state index in [-0.39, 0.29) is 6.04 Å². The Bertz CT molecular complexity index is 490. The van der Waals surface area contributed by atoms with Gasteiger partial charge in [-0.15, -0.1) is 22.7 Å². The Kier molecular flexibility index (Phi) is 3.93. The minimum atomic E-state index is 0.142. The fourth-order valence-electron chi connectivity index (χ4n) is 1.53. The van der Waals surface area contributed by atoms with Crippen molar-refractivity contribution < 1.29 is 0 Å². The molecule has 1 unspecified atom stereocenters. The molecule has 0 radical (unpaired) electrons. The van der Waals surface area contributed by atoms with Gasteiger partial charge in [0.25, 0.3) is 0 Å². The van der Waals surface area contributed by atoms with E-state index >= 15 is 0 Å². The molecule has 0 spiro atoms. The van der Waals surface area contributed by atoms with Crippen LogP contribution in [0.15, 0.2) is 17.5 Å².